The van der Waals surface area contributed by atoms with Crippen LogP contribution in [0.1, 0.15) is 18.5 Å². The molecule has 19 heavy (non-hydrogen) atoms. The zero-order valence-corrected chi connectivity index (χ0v) is 10.7. The minimum absolute atomic E-state index is 0.0279. The van der Waals surface area contributed by atoms with Crippen LogP contribution in [0.2, 0.25) is 5.02 Å². The van der Waals surface area contributed by atoms with Crippen LogP contribution in [0.3, 0.4) is 0 Å². The Bertz CT molecular complexity index is 581. The highest BCUT2D eigenvalue weighted by molar-refractivity contribution is 6.33. The van der Waals surface area contributed by atoms with Gasteiger partial charge in [-0.3, -0.25) is 4.98 Å². The van der Waals surface area contributed by atoms with Crippen molar-refractivity contribution in [3.63, 3.8) is 0 Å². The molecule has 0 amide bonds. The van der Waals surface area contributed by atoms with Crippen molar-refractivity contribution in [2.45, 2.75) is 13.0 Å². The summed E-state index contributed by atoms with van der Waals surface area (Å²) in [7, 11) is 0. The van der Waals surface area contributed by atoms with Crippen LogP contribution in [-0.4, -0.2) is 4.98 Å². The van der Waals surface area contributed by atoms with Crippen LogP contribution < -0.4 is 5.32 Å². The Morgan fingerprint density at radius 1 is 1.11 bits per heavy atom. The second kappa shape index (κ2) is 5.48. The molecule has 2 rings (SSSR count). The Morgan fingerprint density at radius 2 is 1.84 bits per heavy atom. The van der Waals surface area contributed by atoms with Gasteiger partial charge in [0.15, 0.2) is 5.82 Å². The van der Waals surface area contributed by atoms with Crippen molar-refractivity contribution in [1.82, 2.24) is 4.98 Å². The minimum Gasteiger partial charge on any atom is -0.375 e. The van der Waals surface area contributed by atoms with Gasteiger partial charge >= 0.3 is 0 Å². The Kier molecular flexibility index (Phi) is 3.95. The lowest BCUT2D eigenvalue weighted by atomic mass is 10.1. The Hall–Kier alpha value is -1.75. The molecule has 2 nitrogen and oxygen atoms in total. The summed E-state index contributed by atoms with van der Waals surface area (Å²) in [4.78, 5) is 3.70. The molecule has 1 unspecified atom stereocenters. The molecule has 1 heterocycles. The SMILES string of the molecule is CC(Nc1c(F)cc(F)cc1Cl)c1cncc(F)c1. The molecule has 0 aliphatic rings. The van der Waals surface area contributed by atoms with E-state index in [1.54, 1.807) is 6.92 Å². The average molecular weight is 287 g/mol. The predicted octanol–water partition coefficient (Wildman–Crippen LogP) is 4.33. The first-order valence-electron chi connectivity index (χ1n) is 5.49. The number of nitrogens with zero attached hydrogens (tertiary/aromatic N) is 1. The zero-order valence-electron chi connectivity index (χ0n) is 9.92. The largest absolute Gasteiger partial charge is 0.375 e. The fraction of sp³-hybridized carbons (Fsp3) is 0.154. The van der Waals surface area contributed by atoms with Gasteiger partial charge in [-0.25, -0.2) is 13.2 Å². The van der Waals surface area contributed by atoms with E-state index in [0.29, 0.717) is 5.56 Å². The number of aromatic nitrogens is 1. The maximum absolute atomic E-state index is 13.6. The molecule has 6 heteroatoms. The van der Waals surface area contributed by atoms with Gasteiger partial charge in [0.25, 0.3) is 0 Å². The summed E-state index contributed by atoms with van der Waals surface area (Å²) in [6, 6.07) is 2.58. The van der Waals surface area contributed by atoms with Crippen molar-refractivity contribution in [3.05, 3.63) is 58.6 Å². The highest BCUT2D eigenvalue weighted by Crippen LogP contribution is 2.29. The number of halogens is 4. The molecule has 0 spiro atoms. The van der Waals surface area contributed by atoms with Gasteiger partial charge < -0.3 is 5.32 Å². The number of hydrogen-bond acceptors (Lipinski definition) is 2. The lowest BCUT2D eigenvalue weighted by molar-refractivity contribution is 0.583. The second-order valence-electron chi connectivity index (χ2n) is 4.05. The van der Waals surface area contributed by atoms with Gasteiger partial charge in [-0.1, -0.05) is 11.6 Å². The van der Waals surface area contributed by atoms with Crippen LogP contribution in [0, 0.1) is 17.5 Å². The number of nitrogens with one attached hydrogen (secondary N) is 1. The molecule has 100 valence electrons. The first-order valence-corrected chi connectivity index (χ1v) is 5.86. The van der Waals surface area contributed by atoms with E-state index in [2.05, 4.69) is 10.3 Å². The molecule has 0 fully saturated rings. The topological polar surface area (TPSA) is 24.9 Å². The maximum atomic E-state index is 13.6. The number of pyridine rings is 1. The molecular formula is C13H10ClF3N2. The summed E-state index contributed by atoms with van der Waals surface area (Å²) in [5.41, 5.74) is 0.500. The van der Waals surface area contributed by atoms with Crippen molar-refractivity contribution >= 4 is 17.3 Å². The summed E-state index contributed by atoms with van der Waals surface area (Å²) in [6.07, 6.45) is 2.53. The molecule has 0 bridgehead atoms. The Morgan fingerprint density at radius 3 is 2.47 bits per heavy atom. The van der Waals surface area contributed by atoms with E-state index in [-0.39, 0.29) is 10.7 Å². The normalized spacial score (nSPS) is 12.3. The van der Waals surface area contributed by atoms with E-state index in [4.69, 9.17) is 11.6 Å². The van der Waals surface area contributed by atoms with Gasteiger partial charge in [0.1, 0.15) is 11.6 Å². The Balaban J connectivity index is 2.26. The van der Waals surface area contributed by atoms with Gasteiger partial charge in [-0.05, 0) is 24.6 Å². The van der Waals surface area contributed by atoms with Crippen molar-refractivity contribution in [2.75, 3.05) is 5.32 Å². The predicted molar refractivity (Wildman–Crippen MR) is 67.6 cm³/mol. The van der Waals surface area contributed by atoms with Crippen LogP contribution in [0.5, 0.6) is 0 Å². The van der Waals surface area contributed by atoms with Crippen LogP contribution in [0.15, 0.2) is 30.6 Å². The molecule has 0 saturated heterocycles. The molecule has 1 atom stereocenters. The maximum Gasteiger partial charge on any atom is 0.150 e. The summed E-state index contributed by atoms with van der Waals surface area (Å²) >= 11 is 5.77. The first-order chi connectivity index (χ1) is 8.97. The minimum atomic E-state index is -0.804. The molecule has 0 aliphatic carbocycles. The highest BCUT2D eigenvalue weighted by atomic mass is 35.5. The van der Waals surface area contributed by atoms with Gasteiger partial charge in [0, 0.05) is 12.3 Å². The van der Waals surface area contributed by atoms with Gasteiger partial charge in [-0.2, -0.15) is 0 Å². The molecule has 0 radical (unpaired) electrons. The summed E-state index contributed by atoms with van der Waals surface area (Å²) < 4.78 is 39.5. The Labute approximate surface area is 113 Å². The quantitative estimate of drug-likeness (QED) is 0.908. The third-order valence-corrected chi connectivity index (χ3v) is 2.89. The van der Waals surface area contributed by atoms with Gasteiger partial charge in [0.2, 0.25) is 0 Å². The van der Waals surface area contributed by atoms with Gasteiger partial charge in [0.05, 0.1) is 22.9 Å². The number of anilines is 1. The van der Waals surface area contributed by atoms with E-state index in [0.717, 1.165) is 18.3 Å². The summed E-state index contributed by atoms with van der Waals surface area (Å²) in [5.74, 6) is -2.05. The lowest BCUT2D eigenvalue weighted by Crippen LogP contribution is -2.09. The molecule has 2 aromatic rings. The van der Waals surface area contributed by atoms with Crippen LogP contribution in [-0.2, 0) is 0 Å². The molecule has 1 aromatic heterocycles. The molecular weight excluding hydrogens is 277 g/mol. The standard InChI is InChI=1S/C13H10ClF3N2/c1-7(8-2-10(16)6-18-5-8)19-13-11(14)3-9(15)4-12(13)17/h2-7,19H,1H3. The number of benzene rings is 1. The zero-order chi connectivity index (χ0) is 14.0. The second-order valence-corrected chi connectivity index (χ2v) is 4.45. The van der Waals surface area contributed by atoms with E-state index in [1.807, 2.05) is 0 Å². The molecule has 0 aliphatic heterocycles. The van der Waals surface area contributed by atoms with E-state index >= 15 is 0 Å². The van der Waals surface area contributed by atoms with Crippen molar-refractivity contribution in [3.8, 4) is 0 Å². The smallest absolute Gasteiger partial charge is 0.150 e. The van der Waals surface area contributed by atoms with Crippen LogP contribution >= 0.6 is 11.6 Å². The third kappa shape index (κ3) is 3.17. The average Bonchev–Trinajstić information content (AvgIpc) is 2.33. The number of rotatable bonds is 3. The molecule has 1 N–H and O–H groups in total. The monoisotopic (exact) mass is 286 g/mol. The van der Waals surface area contributed by atoms with Gasteiger partial charge in [-0.15, -0.1) is 0 Å². The van der Waals surface area contributed by atoms with Crippen molar-refractivity contribution < 1.29 is 13.2 Å². The highest BCUT2D eigenvalue weighted by Gasteiger charge is 2.14. The van der Waals surface area contributed by atoms with E-state index < -0.39 is 23.5 Å². The first kappa shape index (κ1) is 13.7. The number of hydrogen-bond donors (Lipinski definition) is 1. The fourth-order valence-corrected chi connectivity index (χ4v) is 1.89. The van der Waals surface area contributed by atoms with Crippen molar-refractivity contribution in [2.24, 2.45) is 0 Å². The summed E-state index contributed by atoms with van der Waals surface area (Å²) in [6.45, 7) is 1.69. The van der Waals surface area contributed by atoms with E-state index in [1.165, 1.54) is 12.3 Å². The van der Waals surface area contributed by atoms with Crippen molar-refractivity contribution in [1.29, 1.82) is 0 Å². The van der Waals surface area contributed by atoms with Crippen LogP contribution in [0.25, 0.3) is 0 Å². The van der Waals surface area contributed by atoms with Crippen LogP contribution in [0.4, 0.5) is 18.9 Å². The third-order valence-electron chi connectivity index (χ3n) is 2.59. The molecule has 1 aromatic carbocycles. The van der Waals surface area contributed by atoms with E-state index in [9.17, 15) is 13.2 Å². The lowest BCUT2D eigenvalue weighted by Gasteiger charge is -2.17. The molecule has 0 saturated carbocycles. The fourth-order valence-electron chi connectivity index (χ4n) is 1.65. The summed E-state index contributed by atoms with van der Waals surface area (Å²) in [5, 5.41) is 2.69.